The summed E-state index contributed by atoms with van der Waals surface area (Å²) in [5.41, 5.74) is 5.19. The maximum Gasteiger partial charge on any atom is 0.273 e. The van der Waals surface area contributed by atoms with Gasteiger partial charge in [-0.25, -0.2) is 0 Å². The van der Waals surface area contributed by atoms with Gasteiger partial charge >= 0.3 is 0 Å². The predicted octanol–water partition coefficient (Wildman–Crippen LogP) is 5.07. The van der Waals surface area contributed by atoms with Crippen molar-refractivity contribution in [2.75, 3.05) is 11.1 Å². The lowest BCUT2D eigenvalue weighted by atomic mass is 10.1. The summed E-state index contributed by atoms with van der Waals surface area (Å²) in [5.74, 6) is -0.0893. The molecule has 0 saturated heterocycles. The summed E-state index contributed by atoms with van der Waals surface area (Å²) in [5, 5.41) is 26.1. The van der Waals surface area contributed by atoms with Crippen LogP contribution < -0.4 is 10.6 Å². The molecule has 1 aromatic heterocycles. The average Bonchev–Trinajstić information content (AvgIpc) is 3.30. The third-order valence-corrected chi connectivity index (χ3v) is 7.16. The van der Waals surface area contributed by atoms with Gasteiger partial charge in [0, 0.05) is 22.9 Å². The van der Waals surface area contributed by atoms with Gasteiger partial charge in [0.15, 0.2) is 11.0 Å². The van der Waals surface area contributed by atoms with Crippen LogP contribution in [0.2, 0.25) is 0 Å². The molecule has 0 aliphatic rings. The Bertz CT molecular complexity index is 1570. The molecular weight excluding hydrogens is 516 g/mol. The zero-order chi connectivity index (χ0) is 28.1. The Morgan fingerprint density at radius 3 is 2.49 bits per heavy atom. The topological polar surface area (TPSA) is 132 Å². The maximum atomic E-state index is 12.8. The Morgan fingerprint density at radius 1 is 0.974 bits per heavy atom. The van der Waals surface area contributed by atoms with Gasteiger partial charge in [0.25, 0.3) is 11.6 Å². The number of anilines is 1. The molecule has 0 bridgehead atoms. The van der Waals surface area contributed by atoms with E-state index < -0.39 is 10.8 Å². The number of nitrogens with zero attached hydrogens (tertiary/aromatic N) is 4. The second-order valence-corrected chi connectivity index (χ2v) is 10.0. The third-order valence-electron chi connectivity index (χ3n) is 6.23. The summed E-state index contributed by atoms with van der Waals surface area (Å²) in [6.45, 7) is 7.58. The molecular formula is C28H28N6O4S. The zero-order valence-electron chi connectivity index (χ0n) is 22.0. The van der Waals surface area contributed by atoms with Gasteiger partial charge in [0.2, 0.25) is 5.91 Å². The lowest BCUT2D eigenvalue weighted by Gasteiger charge is -2.15. The van der Waals surface area contributed by atoms with Crippen LogP contribution in [0.5, 0.6) is 0 Å². The molecule has 10 nitrogen and oxygen atoms in total. The predicted molar refractivity (Wildman–Crippen MR) is 150 cm³/mol. The standard InChI is InChI=1S/C28H28N6O4S/c1-17-7-5-9-22(13-17)30-26(35)16-39-28-32-31-25(33(28)23-10-6-8-18(2)20(23)4)15-29-27(36)21-12-11-19(3)24(14-21)34(37)38/h5-14H,15-16H2,1-4H3,(H,29,36)(H,30,35). The molecule has 1 heterocycles. The van der Waals surface area contributed by atoms with Crippen molar-refractivity contribution < 1.29 is 14.5 Å². The van der Waals surface area contributed by atoms with E-state index in [4.69, 9.17) is 0 Å². The van der Waals surface area contributed by atoms with Gasteiger partial charge in [-0.05, 0) is 68.7 Å². The van der Waals surface area contributed by atoms with Gasteiger partial charge in [0.1, 0.15) is 0 Å². The number of carbonyl (C=O) groups is 2. The molecule has 200 valence electrons. The first-order valence-corrected chi connectivity index (χ1v) is 13.2. The Kier molecular flexibility index (Phi) is 8.40. The second-order valence-electron chi connectivity index (χ2n) is 9.10. The first-order valence-electron chi connectivity index (χ1n) is 12.2. The van der Waals surface area contributed by atoms with Gasteiger partial charge in [-0.15, -0.1) is 10.2 Å². The van der Waals surface area contributed by atoms with Crippen LogP contribution in [0.15, 0.2) is 65.8 Å². The molecule has 0 atom stereocenters. The molecule has 39 heavy (non-hydrogen) atoms. The molecule has 0 aliphatic carbocycles. The van der Waals surface area contributed by atoms with Crippen molar-refractivity contribution in [3.63, 3.8) is 0 Å². The lowest BCUT2D eigenvalue weighted by Crippen LogP contribution is -2.25. The van der Waals surface area contributed by atoms with E-state index in [-0.39, 0.29) is 29.5 Å². The molecule has 0 saturated carbocycles. The molecule has 4 aromatic rings. The van der Waals surface area contributed by atoms with Crippen molar-refractivity contribution in [1.82, 2.24) is 20.1 Å². The Morgan fingerprint density at radius 2 is 1.74 bits per heavy atom. The van der Waals surface area contributed by atoms with Crippen LogP contribution in [0.3, 0.4) is 0 Å². The fourth-order valence-electron chi connectivity index (χ4n) is 3.99. The van der Waals surface area contributed by atoms with Gasteiger partial charge in [0.05, 0.1) is 22.9 Å². The number of nitro benzene ring substituents is 1. The molecule has 11 heteroatoms. The van der Waals surface area contributed by atoms with E-state index in [0.29, 0.717) is 16.5 Å². The van der Waals surface area contributed by atoms with E-state index in [2.05, 4.69) is 20.8 Å². The monoisotopic (exact) mass is 544 g/mol. The van der Waals surface area contributed by atoms with Crippen LogP contribution in [0.25, 0.3) is 5.69 Å². The Labute approximate surface area is 230 Å². The minimum absolute atomic E-state index is 0.0247. The number of aryl methyl sites for hydroxylation is 3. The van der Waals surface area contributed by atoms with Crippen LogP contribution in [-0.4, -0.2) is 37.3 Å². The molecule has 4 rings (SSSR count). The molecule has 0 aliphatic heterocycles. The minimum atomic E-state index is -0.512. The second kappa shape index (κ2) is 11.9. The highest BCUT2D eigenvalue weighted by Gasteiger charge is 2.20. The zero-order valence-corrected chi connectivity index (χ0v) is 22.8. The van der Waals surface area contributed by atoms with E-state index in [9.17, 15) is 19.7 Å². The lowest BCUT2D eigenvalue weighted by molar-refractivity contribution is -0.385. The van der Waals surface area contributed by atoms with Crippen LogP contribution >= 0.6 is 11.8 Å². The number of nitro groups is 1. The first kappa shape index (κ1) is 27.5. The number of aromatic nitrogens is 3. The summed E-state index contributed by atoms with van der Waals surface area (Å²) in [6.07, 6.45) is 0. The number of benzene rings is 3. The van der Waals surface area contributed by atoms with Crippen LogP contribution in [0.1, 0.15) is 38.4 Å². The van der Waals surface area contributed by atoms with E-state index in [1.54, 1.807) is 19.1 Å². The molecule has 3 aromatic carbocycles. The normalized spacial score (nSPS) is 10.8. The number of amides is 2. The maximum absolute atomic E-state index is 12.8. The van der Waals surface area contributed by atoms with Crippen molar-refractivity contribution in [3.8, 4) is 5.69 Å². The molecule has 2 amide bonds. The van der Waals surface area contributed by atoms with Gasteiger partial charge in [-0.2, -0.15) is 0 Å². The van der Waals surface area contributed by atoms with Gasteiger partial charge in [-0.1, -0.05) is 42.1 Å². The number of rotatable bonds is 9. The van der Waals surface area contributed by atoms with E-state index in [1.807, 2.05) is 67.8 Å². The summed E-state index contributed by atoms with van der Waals surface area (Å²) >= 11 is 1.24. The van der Waals surface area contributed by atoms with Crippen molar-refractivity contribution in [2.24, 2.45) is 0 Å². The highest BCUT2D eigenvalue weighted by molar-refractivity contribution is 7.99. The quantitative estimate of drug-likeness (QED) is 0.171. The SMILES string of the molecule is Cc1cccc(NC(=O)CSc2nnc(CNC(=O)c3ccc(C)c([N+](=O)[O-])c3)n2-c2cccc(C)c2C)c1. The molecule has 2 N–H and O–H groups in total. The summed E-state index contributed by atoms with van der Waals surface area (Å²) in [7, 11) is 0. The molecule has 0 spiro atoms. The number of hydrogen-bond donors (Lipinski definition) is 2. The van der Waals surface area contributed by atoms with Crippen LogP contribution in [0, 0.1) is 37.8 Å². The number of hydrogen-bond acceptors (Lipinski definition) is 7. The van der Waals surface area contributed by atoms with E-state index in [0.717, 1.165) is 28.1 Å². The van der Waals surface area contributed by atoms with Crippen LogP contribution in [0.4, 0.5) is 11.4 Å². The number of thioether (sulfide) groups is 1. The first-order chi connectivity index (χ1) is 18.6. The molecule has 0 radical (unpaired) electrons. The molecule has 0 fully saturated rings. The molecule has 0 unspecified atom stereocenters. The average molecular weight is 545 g/mol. The fourth-order valence-corrected chi connectivity index (χ4v) is 4.75. The largest absolute Gasteiger partial charge is 0.345 e. The highest BCUT2D eigenvalue weighted by atomic mass is 32.2. The van der Waals surface area contributed by atoms with Gasteiger partial charge in [-0.3, -0.25) is 24.3 Å². The third kappa shape index (κ3) is 6.50. The van der Waals surface area contributed by atoms with Crippen LogP contribution in [-0.2, 0) is 11.3 Å². The van der Waals surface area contributed by atoms with Gasteiger partial charge < -0.3 is 10.6 Å². The van der Waals surface area contributed by atoms with Crippen molar-refractivity contribution in [2.45, 2.75) is 39.4 Å². The van der Waals surface area contributed by atoms with E-state index >= 15 is 0 Å². The minimum Gasteiger partial charge on any atom is -0.345 e. The smallest absolute Gasteiger partial charge is 0.273 e. The number of nitrogens with one attached hydrogen (secondary N) is 2. The summed E-state index contributed by atoms with van der Waals surface area (Å²) in [6, 6.07) is 17.8. The van der Waals surface area contributed by atoms with Crippen molar-refractivity contribution >= 4 is 35.0 Å². The number of carbonyl (C=O) groups excluding carboxylic acids is 2. The summed E-state index contributed by atoms with van der Waals surface area (Å²) < 4.78 is 1.82. The Hall–Kier alpha value is -4.51. The van der Waals surface area contributed by atoms with E-state index in [1.165, 1.54) is 17.8 Å². The van der Waals surface area contributed by atoms with Crippen molar-refractivity contribution in [3.05, 3.63) is 104 Å². The summed E-state index contributed by atoms with van der Waals surface area (Å²) in [4.78, 5) is 36.3. The highest BCUT2D eigenvalue weighted by Crippen LogP contribution is 2.26. The fraction of sp³-hybridized carbons (Fsp3) is 0.214. The van der Waals surface area contributed by atoms with Crippen molar-refractivity contribution in [1.29, 1.82) is 0 Å². The Balaban J connectivity index is 1.56.